The first kappa shape index (κ1) is 19.0. The average molecular weight is 402 g/mol. The first-order valence-electron chi connectivity index (χ1n) is 9.26. The lowest BCUT2D eigenvalue weighted by atomic mass is 9.98. The molecule has 5 heteroatoms. The second-order valence-corrected chi connectivity index (χ2v) is 7.67. The topological polar surface area (TPSA) is 42.0 Å². The van der Waals surface area contributed by atoms with Crippen LogP contribution in [0.2, 0.25) is 0 Å². The van der Waals surface area contributed by atoms with Crippen molar-refractivity contribution in [3.63, 3.8) is 0 Å². The molecule has 0 saturated carbocycles. The van der Waals surface area contributed by atoms with Crippen molar-refractivity contribution in [3.05, 3.63) is 112 Å². The molecule has 0 bridgehead atoms. The van der Waals surface area contributed by atoms with Gasteiger partial charge < -0.3 is 5.32 Å². The maximum atomic E-state index is 13.2. The molecule has 1 N–H and O–H groups in total. The predicted molar refractivity (Wildman–Crippen MR) is 114 cm³/mol. The lowest BCUT2D eigenvalue weighted by Crippen LogP contribution is -2.29. The molecular formula is C24H19FN2OS. The van der Waals surface area contributed by atoms with Gasteiger partial charge in [-0.1, -0.05) is 60.7 Å². The minimum absolute atomic E-state index is 0.175. The highest BCUT2D eigenvalue weighted by molar-refractivity contribution is 7.17. The van der Waals surface area contributed by atoms with Crippen LogP contribution in [-0.2, 0) is 0 Å². The van der Waals surface area contributed by atoms with Crippen LogP contribution < -0.4 is 5.32 Å². The normalized spacial score (nSPS) is 10.9. The molecule has 4 aromatic rings. The van der Waals surface area contributed by atoms with E-state index >= 15 is 0 Å². The third kappa shape index (κ3) is 4.25. The van der Waals surface area contributed by atoms with Crippen molar-refractivity contribution in [1.29, 1.82) is 0 Å². The van der Waals surface area contributed by atoms with Crippen LogP contribution in [0.15, 0.2) is 84.9 Å². The Morgan fingerprint density at radius 2 is 1.45 bits per heavy atom. The van der Waals surface area contributed by atoms with E-state index in [2.05, 4.69) is 10.3 Å². The van der Waals surface area contributed by atoms with Gasteiger partial charge in [-0.2, -0.15) is 0 Å². The molecule has 4 rings (SSSR count). The van der Waals surface area contributed by atoms with Crippen molar-refractivity contribution < 1.29 is 9.18 Å². The highest BCUT2D eigenvalue weighted by atomic mass is 32.1. The number of carbonyl (C=O) groups excluding carboxylic acids is 1. The fraction of sp³-hybridized carbons (Fsp3) is 0.0833. The van der Waals surface area contributed by atoms with Gasteiger partial charge in [0.25, 0.3) is 5.91 Å². The molecule has 0 aliphatic carbocycles. The largest absolute Gasteiger partial charge is 0.340 e. The van der Waals surface area contributed by atoms with Gasteiger partial charge in [-0.3, -0.25) is 4.79 Å². The molecule has 1 heterocycles. The van der Waals surface area contributed by atoms with Gasteiger partial charge in [-0.05, 0) is 42.3 Å². The second-order valence-electron chi connectivity index (χ2n) is 6.67. The molecule has 0 fully saturated rings. The number of thiazole rings is 1. The number of aromatic nitrogens is 1. The smallest absolute Gasteiger partial charge is 0.264 e. The summed E-state index contributed by atoms with van der Waals surface area (Å²) in [7, 11) is 0. The molecule has 29 heavy (non-hydrogen) atoms. The molecule has 144 valence electrons. The first-order valence-corrected chi connectivity index (χ1v) is 10.1. The maximum absolute atomic E-state index is 13.2. The maximum Gasteiger partial charge on any atom is 0.264 e. The van der Waals surface area contributed by atoms with Gasteiger partial charge in [0, 0.05) is 5.56 Å². The fourth-order valence-corrected chi connectivity index (χ4v) is 4.14. The molecular weight excluding hydrogens is 383 g/mol. The van der Waals surface area contributed by atoms with Gasteiger partial charge in [0.1, 0.15) is 15.7 Å². The summed E-state index contributed by atoms with van der Waals surface area (Å²) < 4.78 is 13.2. The molecule has 0 saturated heterocycles. The van der Waals surface area contributed by atoms with Crippen molar-refractivity contribution in [2.24, 2.45) is 0 Å². The van der Waals surface area contributed by atoms with Crippen molar-refractivity contribution in [1.82, 2.24) is 10.3 Å². The molecule has 0 aliphatic heterocycles. The summed E-state index contributed by atoms with van der Waals surface area (Å²) >= 11 is 1.31. The molecule has 0 atom stereocenters. The van der Waals surface area contributed by atoms with Crippen molar-refractivity contribution >= 4 is 17.2 Å². The minimum atomic E-state index is -0.298. The summed E-state index contributed by atoms with van der Waals surface area (Å²) in [6, 6.07) is 25.6. The van der Waals surface area contributed by atoms with Crippen LogP contribution in [0.1, 0.15) is 32.5 Å². The van der Waals surface area contributed by atoms with Crippen LogP contribution in [0.3, 0.4) is 0 Å². The molecule has 1 aromatic heterocycles. The number of halogens is 1. The number of benzene rings is 3. The van der Waals surface area contributed by atoms with E-state index in [4.69, 9.17) is 0 Å². The average Bonchev–Trinajstić information content (AvgIpc) is 3.15. The third-order valence-corrected chi connectivity index (χ3v) is 5.84. The number of nitrogens with zero attached hydrogens (tertiary/aromatic N) is 1. The van der Waals surface area contributed by atoms with Gasteiger partial charge >= 0.3 is 0 Å². The van der Waals surface area contributed by atoms with Crippen LogP contribution >= 0.6 is 11.3 Å². The van der Waals surface area contributed by atoms with Crippen molar-refractivity contribution in [2.75, 3.05) is 0 Å². The highest BCUT2D eigenvalue weighted by Gasteiger charge is 2.21. The Bertz CT molecular complexity index is 1070. The summed E-state index contributed by atoms with van der Waals surface area (Å²) in [5, 5.41) is 3.85. The minimum Gasteiger partial charge on any atom is -0.340 e. The summed E-state index contributed by atoms with van der Waals surface area (Å²) in [6.07, 6.45) is 0. The van der Waals surface area contributed by atoms with E-state index in [-0.39, 0.29) is 17.8 Å². The Kier molecular flexibility index (Phi) is 5.49. The van der Waals surface area contributed by atoms with E-state index in [0.29, 0.717) is 15.6 Å². The molecule has 1 amide bonds. The Balaban J connectivity index is 1.64. The van der Waals surface area contributed by atoms with Crippen LogP contribution in [-0.4, -0.2) is 10.9 Å². The first-order chi connectivity index (χ1) is 14.1. The molecule has 0 unspecified atom stereocenters. The summed E-state index contributed by atoms with van der Waals surface area (Å²) in [4.78, 5) is 18.2. The third-order valence-electron chi connectivity index (χ3n) is 4.64. The second kappa shape index (κ2) is 8.37. The van der Waals surface area contributed by atoms with Crippen LogP contribution in [0, 0.1) is 12.7 Å². The molecule has 3 nitrogen and oxygen atoms in total. The molecule has 3 aromatic carbocycles. The number of aryl methyl sites for hydroxylation is 1. The number of amides is 1. The number of hydrogen-bond donors (Lipinski definition) is 1. The van der Waals surface area contributed by atoms with Crippen LogP contribution in [0.25, 0.3) is 10.6 Å². The van der Waals surface area contributed by atoms with Gasteiger partial charge in [0.05, 0.1) is 11.7 Å². The lowest BCUT2D eigenvalue weighted by molar-refractivity contribution is 0.0946. The quantitative estimate of drug-likeness (QED) is 0.460. The zero-order valence-corrected chi connectivity index (χ0v) is 16.6. The SMILES string of the molecule is Cc1nc(-c2ccc(F)cc2)sc1C(=O)NC(c1ccccc1)c1ccccc1. The van der Waals surface area contributed by atoms with E-state index in [0.717, 1.165) is 16.7 Å². The number of nitrogens with one attached hydrogen (secondary N) is 1. The summed E-state index contributed by atoms with van der Waals surface area (Å²) in [5.74, 6) is -0.473. The zero-order valence-electron chi connectivity index (χ0n) is 15.8. The van der Waals surface area contributed by atoms with Crippen molar-refractivity contribution in [2.45, 2.75) is 13.0 Å². The molecule has 0 spiro atoms. The van der Waals surface area contributed by atoms with E-state index < -0.39 is 0 Å². The Morgan fingerprint density at radius 1 is 0.897 bits per heavy atom. The van der Waals surface area contributed by atoms with E-state index in [9.17, 15) is 9.18 Å². The van der Waals surface area contributed by atoms with Crippen LogP contribution in [0.5, 0.6) is 0 Å². The standard InChI is InChI=1S/C24H19FN2OS/c1-16-22(29-24(26-16)19-12-14-20(25)15-13-19)23(28)27-21(17-8-4-2-5-9-17)18-10-6-3-7-11-18/h2-15,21H,1H3,(H,27,28). The van der Waals surface area contributed by atoms with E-state index in [1.54, 1.807) is 12.1 Å². The molecule has 0 aliphatic rings. The Hall–Kier alpha value is -3.31. The lowest BCUT2D eigenvalue weighted by Gasteiger charge is -2.19. The summed E-state index contributed by atoms with van der Waals surface area (Å²) in [6.45, 7) is 1.82. The van der Waals surface area contributed by atoms with E-state index in [1.807, 2.05) is 67.6 Å². The molecule has 0 radical (unpaired) electrons. The number of carbonyl (C=O) groups is 1. The Morgan fingerprint density at radius 3 is 2.00 bits per heavy atom. The monoisotopic (exact) mass is 402 g/mol. The highest BCUT2D eigenvalue weighted by Crippen LogP contribution is 2.29. The number of hydrogen-bond acceptors (Lipinski definition) is 3. The fourth-order valence-electron chi connectivity index (χ4n) is 3.17. The van der Waals surface area contributed by atoms with Gasteiger partial charge in [0.2, 0.25) is 0 Å². The van der Waals surface area contributed by atoms with Crippen LogP contribution in [0.4, 0.5) is 4.39 Å². The van der Waals surface area contributed by atoms with E-state index in [1.165, 1.54) is 23.5 Å². The predicted octanol–water partition coefficient (Wildman–Crippen LogP) is 5.78. The van der Waals surface area contributed by atoms with Crippen molar-refractivity contribution in [3.8, 4) is 10.6 Å². The Labute approximate surface area is 172 Å². The summed E-state index contributed by atoms with van der Waals surface area (Å²) in [5.41, 5.74) is 3.47. The van der Waals surface area contributed by atoms with Gasteiger partial charge in [-0.25, -0.2) is 9.37 Å². The zero-order chi connectivity index (χ0) is 20.2. The van der Waals surface area contributed by atoms with Gasteiger partial charge in [-0.15, -0.1) is 11.3 Å². The van der Waals surface area contributed by atoms with Gasteiger partial charge in [0.15, 0.2) is 0 Å². The number of rotatable bonds is 5.